The summed E-state index contributed by atoms with van der Waals surface area (Å²) in [6.07, 6.45) is 8.60. The van der Waals surface area contributed by atoms with Crippen molar-refractivity contribution in [1.82, 2.24) is 24.5 Å². The van der Waals surface area contributed by atoms with E-state index in [0.29, 0.717) is 6.54 Å². The highest BCUT2D eigenvalue weighted by Crippen LogP contribution is 2.33. The molecule has 0 bridgehead atoms. The lowest BCUT2D eigenvalue weighted by molar-refractivity contribution is 0.411. The Morgan fingerprint density at radius 1 is 1.23 bits per heavy atom. The lowest BCUT2D eigenvalue weighted by Gasteiger charge is -2.07. The van der Waals surface area contributed by atoms with Crippen LogP contribution in [-0.4, -0.2) is 31.7 Å². The predicted molar refractivity (Wildman–Crippen MR) is 118 cm³/mol. The smallest absolute Gasteiger partial charge is 0.183 e. The lowest BCUT2D eigenvalue weighted by atomic mass is 10.3. The first kappa shape index (κ1) is 18.9. The van der Waals surface area contributed by atoms with Crippen LogP contribution in [0.15, 0.2) is 48.9 Å². The second-order valence-corrected chi connectivity index (χ2v) is 8.62. The van der Waals surface area contributed by atoms with Crippen LogP contribution in [0.5, 0.6) is 5.75 Å². The van der Waals surface area contributed by atoms with Gasteiger partial charge in [-0.25, -0.2) is 9.67 Å². The molecular formula is C22H24N6OS. The molecule has 1 aromatic carbocycles. The normalized spacial score (nSPS) is 13.5. The van der Waals surface area contributed by atoms with Gasteiger partial charge in [-0.15, -0.1) is 0 Å². The van der Waals surface area contributed by atoms with E-state index in [1.165, 1.54) is 12.8 Å². The van der Waals surface area contributed by atoms with E-state index in [4.69, 9.17) is 9.84 Å². The Morgan fingerprint density at radius 2 is 2.10 bits per heavy atom. The molecule has 0 atom stereocenters. The molecule has 0 unspecified atom stereocenters. The minimum Gasteiger partial charge on any atom is -0.494 e. The summed E-state index contributed by atoms with van der Waals surface area (Å²) in [6.45, 7) is 3.72. The van der Waals surface area contributed by atoms with Crippen molar-refractivity contribution in [3.05, 3.63) is 60.2 Å². The number of hydrogen-bond donors (Lipinski definition) is 1. The highest BCUT2D eigenvalue weighted by Gasteiger charge is 2.22. The zero-order valence-corrected chi connectivity index (χ0v) is 17.9. The summed E-state index contributed by atoms with van der Waals surface area (Å²) in [5.74, 6) is 1.61. The molecule has 1 fully saturated rings. The molecule has 1 aliphatic carbocycles. The molecule has 4 aromatic rings. The largest absolute Gasteiger partial charge is 0.494 e. The first-order chi connectivity index (χ1) is 14.7. The van der Waals surface area contributed by atoms with Gasteiger partial charge in [0.25, 0.3) is 0 Å². The Balaban J connectivity index is 1.27. The van der Waals surface area contributed by atoms with Crippen molar-refractivity contribution in [3.8, 4) is 22.0 Å². The van der Waals surface area contributed by atoms with Crippen molar-refractivity contribution >= 4 is 16.5 Å². The summed E-state index contributed by atoms with van der Waals surface area (Å²) >= 11 is 1.64. The van der Waals surface area contributed by atoms with Crippen LogP contribution in [0.4, 0.5) is 5.13 Å². The molecule has 1 N–H and O–H groups in total. The molecule has 1 aliphatic rings. The first-order valence-corrected chi connectivity index (χ1v) is 10.9. The first-order valence-electron chi connectivity index (χ1n) is 10.1. The molecule has 1 saturated carbocycles. The Morgan fingerprint density at radius 3 is 2.93 bits per heavy atom. The van der Waals surface area contributed by atoms with E-state index in [0.717, 1.165) is 50.9 Å². The van der Waals surface area contributed by atoms with Gasteiger partial charge in [0.15, 0.2) is 5.13 Å². The number of ether oxygens (including phenoxy) is 1. The van der Waals surface area contributed by atoms with Crippen LogP contribution in [0.2, 0.25) is 0 Å². The number of anilines is 1. The third kappa shape index (κ3) is 3.95. The van der Waals surface area contributed by atoms with Crippen molar-refractivity contribution < 1.29 is 4.74 Å². The van der Waals surface area contributed by atoms with Crippen molar-refractivity contribution in [3.63, 3.8) is 0 Å². The van der Waals surface area contributed by atoms with Gasteiger partial charge in [0.05, 0.1) is 23.9 Å². The second kappa shape index (κ2) is 7.95. The summed E-state index contributed by atoms with van der Waals surface area (Å²) < 4.78 is 9.33. The molecule has 8 heteroatoms. The number of aromatic nitrogens is 5. The van der Waals surface area contributed by atoms with Crippen LogP contribution in [0.25, 0.3) is 16.3 Å². The van der Waals surface area contributed by atoms with E-state index in [-0.39, 0.29) is 0 Å². The summed E-state index contributed by atoms with van der Waals surface area (Å²) in [6, 6.07) is 9.93. The third-order valence-electron chi connectivity index (χ3n) is 5.22. The molecule has 0 spiro atoms. The Labute approximate surface area is 179 Å². The number of para-hydroxylation sites is 2. The number of aryl methyl sites for hydroxylation is 1. The number of benzene rings is 1. The van der Waals surface area contributed by atoms with Crippen LogP contribution in [0, 0.1) is 12.8 Å². The van der Waals surface area contributed by atoms with E-state index >= 15 is 0 Å². The average Bonchev–Trinajstić information content (AvgIpc) is 3.14. The van der Waals surface area contributed by atoms with Crippen LogP contribution in [-0.2, 0) is 13.1 Å². The zero-order valence-electron chi connectivity index (χ0n) is 17.1. The fraction of sp³-hybridized carbons (Fsp3) is 0.318. The number of hydrogen-bond acceptors (Lipinski definition) is 6. The van der Waals surface area contributed by atoms with Crippen LogP contribution in [0.3, 0.4) is 0 Å². The van der Waals surface area contributed by atoms with Gasteiger partial charge < -0.3 is 10.1 Å². The molecule has 5 rings (SSSR count). The number of nitrogens with one attached hydrogen (secondary N) is 1. The van der Waals surface area contributed by atoms with Crippen molar-refractivity contribution in [1.29, 1.82) is 0 Å². The molecule has 3 heterocycles. The van der Waals surface area contributed by atoms with E-state index in [1.807, 2.05) is 48.3 Å². The van der Waals surface area contributed by atoms with Crippen LogP contribution < -0.4 is 10.1 Å². The summed E-state index contributed by atoms with van der Waals surface area (Å²) in [7, 11) is 1.67. The van der Waals surface area contributed by atoms with Crippen LogP contribution >= 0.6 is 11.3 Å². The molecule has 3 aromatic heterocycles. The second-order valence-electron chi connectivity index (χ2n) is 7.62. The van der Waals surface area contributed by atoms with E-state index < -0.39 is 0 Å². The van der Waals surface area contributed by atoms with Gasteiger partial charge in [-0.2, -0.15) is 10.2 Å². The Kier molecular flexibility index (Phi) is 5.00. The molecular weight excluding hydrogens is 396 g/mol. The van der Waals surface area contributed by atoms with E-state index in [9.17, 15) is 0 Å². The minimum atomic E-state index is 0.650. The standard InChI is InChI=1S/C22H24N6OS/c1-15-21(18-9-10-27(26-18)13-16-7-8-16)30-22(25-15)23-11-17-12-24-28(14-17)19-5-3-4-6-20(19)29-2/h3-6,9-10,12,14,16H,7-8,11,13H2,1-2H3,(H,23,25). The maximum absolute atomic E-state index is 5.43. The van der Waals surface area contributed by atoms with Crippen molar-refractivity contribution in [2.24, 2.45) is 5.92 Å². The molecule has 7 nitrogen and oxygen atoms in total. The highest BCUT2D eigenvalue weighted by molar-refractivity contribution is 7.19. The van der Waals surface area contributed by atoms with Crippen molar-refractivity contribution in [2.75, 3.05) is 12.4 Å². The van der Waals surface area contributed by atoms with E-state index in [1.54, 1.807) is 18.4 Å². The van der Waals surface area contributed by atoms with Crippen LogP contribution in [0.1, 0.15) is 24.1 Å². The average molecular weight is 421 g/mol. The van der Waals surface area contributed by atoms with Gasteiger partial charge in [0, 0.05) is 31.0 Å². The van der Waals surface area contributed by atoms with Gasteiger partial charge in [-0.1, -0.05) is 23.5 Å². The maximum Gasteiger partial charge on any atom is 0.183 e. The number of nitrogens with zero attached hydrogens (tertiary/aromatic N) is 5. The fourth-order valence-corrected chi connectivity index (χ4v) is 4.37. The van der Waals surface area contributed by atoms with Gasteiger partial charge >= 0.3 is 0 Å². The van der Waals surface area contributed by atoms with E-state index in [2.05, 4.69) is 32.3 Å². The molecule has 154 valence electrons. The lowest BCUT2D eigenvalue weighted by Crippen LogP contribution is -1.99. The highest BCUT2D eigenvalue weighted by atomic mass is 32.1. The molecule has 30 heavy (non-hydrogen) atoms. The molecule has 0 saturated heterocycles. The Bertz CT molecular complexity index is 1160. The number of methoxy groups -OCH3 is 1. The fourth-order valence-electron chi connectivity index (χ4n) is 3.44. The quantitative estimate of drug-likeness (QED) is 0.453. The molecule has 0 amide bonds. The van der Waals surface area contributed by atoms with Gasteiger partial charge in [-0.05, 0) is 43.9 Å². The summed E-state index contributed by atoms with van der Waals surface area (Å²) in [4.78, 5) is 5.81. The number of rotatable bonds is 8. The monoisotopic (exact) mass is 420 g/mol. The number of thiazole rings is 1. The topological polar surface area (TPSA) is 69.8 Å². The summed E-state index contributed by atoms with van der Waals surface area (Å²) in [5.41, 5.74) is 4.00. The Hall–Kier alpha value is -3.13. The predicted octanol–water partition coefficient (Wildman–Crippen LogP) is 4.53. The van der Waals surface area contributed by atoms with Gasteiger partial charge in [0.1, 0.15) is 17.1 Å². The SMILES string of the molecule is COc1ccccc1-n1cc(CNc2nc(C)c(-c3ccn(CC4CC4)n3)s2)cn1. The minimum absolute atomic E-state index is 0.650. The molecule has 0 aliphatic heterocycles. The van der Waals surface area contributed by atoms with Gasteiger partial charge in [-0.3, -0.25) is 4.68 Å². The van der Waals surface area contributed by atoms with Crippen molar-refractivity contribution in [2.45, 2.75) is 32.9 Å². The third-order valence-corrected chi connectivity index (χ3v) is 6.36. The zero-order chi connectivity index (χ0) is 20.5. The maximum atomic E-state index is 5.43. The van der Waals surface area contributed by atoms with Gasteiger partial charge in [0.2, 0.25) is 0 Å². The molecule has 0 radical (unpaired) electrons. The summed E-state index contributed by atoms with van der Waals surface area (Å²) in [5, 5.41) is 13.5.